The van der Waals surface area contributed by atoms with Crippen molar-refractivity contribution in [2.24, 2.45) is 5.11 Å². The van der Waals surface area contributed by atoms with Gasteiger partial charge in [0.2, 0.25) is 6.23 Å². The highest BCUT2D eigenvalue weighted by Crippen LogP contribution is 2.12. The van der Waals surface area contributed by atoms with Gasteiger partial charge in [-0.2, -0.15) is 4.89 Å². The van der Waals surface area contributed by atoms with Crippen molar-refractivity contribution in [2.45, 2.75) is 6.23 Å². The van der Waals surface area contributed by atoms with Crippen LogP contribution in [-0.2, 0) is 14.6 Å². The Morgan fingerprint density at radius 1 is 1.44 bits per heavy atom. The third-order valence-electron chi connectivity index (χ3n) is 1.77. The van der Waals surface area contributed by atoms with Gasteiger partial charge >= 0.3 is 6.47 Å². The first kappa shape index (κ1) is 13.5. The molecule has 0 aromatic heterocycles. The van der Waals surface area contributed by atoms with E-state index in [1.807, 2.05) is 0 Å². The zero-order valence-corrected chi connectivity index (χ0v) is 9.13. The van der Waals surface area contributed by atoms with E-state index in [4.69, 9.17) is 10.3 Å². The fraction of sp³-hybridized carbons (Fsp3) is 0.200. The lowest BCUT2D eigenvalue weighted by Gasteiger charge is -2.11. The van der Waals surface area contributed by atoms with Gasteiger partial charge in [-0.3, -0.25) is 9.59 Å². The van der Waals surface area contributed by atoms with Crippen molar-refractivity contribution in [2.75, 3.05) is 6.61 Å². The Morgan fingerprint density at radius 3 is 2.94 bits per heavy atom. The highest BCUT2D eigenvalue weighted by Gasteiger charge is 2.09. The van der Waals surface area contributed by atoms with Crippen molar-refractivity contribution in [3.05, 3.63) is 40.3 Å². The summed E-state index contributed by atoms with van der Waals surface area (Å²) in [5.41, 5.74) is 8.69. The highest BCUT2D eigenvalue weighted by atomic mass is 17.2. The number of hydrogen-bond acceptors (Lipinski definition) is 6. The Labute approximate surface area is 102 Å². The normalized spacial score (nSPS) is 10.9. The molecule has 0 saturated carbocycles. The molecule has 18 heavy (non-hydrogen) atoms. The first-order valence-corrected chi connectivity index (χ1v) is 4.78. The van der Waals surface area contributed by atoms with Crippen LogP contribution in [0.15, 0.2) is 29.4 Å². The summed E-state index contributed by atoms with van der Waals surface area (Å²) in [6.07, 6.45) is -0.441. The topological polar surface area (TPSA) is 111 Å². The van der Waals surface area contributed by atoms with Crippen LogP contribution >= 0.6 is 0 Å². The molecule has 0 radical (unpaired) electrons. The molecule has 1 rings (SSSR count). The molecule has 1 aromatic rings. The van der Waals surface area contributed by atoms with Crippen molar-refractivity contribution >= 4 is 12.8 Å². The summed E-state index contributed by atoms with van der Waals surface area (Å²) in [5.74, 6) is 0.396. The average molecular weight is 251 g/mol. The second-order valence-electron chi connectivity index (χ2n) is 2.95. The Kier molecular flexibility index (Phi) is 5.74. The Hall–Kier alpha value is -2.57. The molecular weight excluding hydrogens is 242 g/mol. The highest BCUT2D eigenvalue weighted by molar-refractivity contribution is 5.75. The van der Waals surface area contributed by atoms with E-state index >= 15 is 0 Å². The van der Waals surface area contributed by atoms with Crippen molar-refractivity contribution < 1.29 is 24.1 Å². The number of azide groups is 1. The van der Waals surface area contributed by atoms with Crippen molar-refractivity contribution in [1.82, 2.24) is 0 Å². The first-order valence-electron chi connectivity index (χ1n) is 4.78. The van der Waals surface area contributed by atoms with Crippen LogP contribution < -0.4 is 4.74 Å². The van der Waals surface area contributed by atoms with Gasteiger partial charge in [0, 0.05) is 10.5 Å². The maximum atomic E-state index is 10.5. The number of benzene rings is 1. The van der Waals surface area contributed by atoms with Gasteiger partial charge in [0.25, 0.3) is 0 Å². The molecule has 94 valence electrons. The van der Waals surface area contributed by atoms with Gasteiger partial charge < -0.3 is 9.62 Å². The van der Waals surface area contributed by atoms with Crippen LogP contribution in [0.5, 0.6) is 5.75 Å². The second-order valence-corrected chi connectivity index (χ2v) is 2.95. The molecule has 1 unspecified atom stereocenters. The molecular formula is C10H9N3O5. The molecule has 0 amide bonds. The second kappa shape index (κ2) is 7.66. The minimum atomic E-state index is -1.11. The first-order chi connectivity index (χ1) is 8.80. The van der Waals surface area contributed by atoms with E-state index in [9.17, 15) is 9.59 Å². The van der Waals surface area contributed by atoms with Gasteiger partial charge in [-0.1, -0.05) is 17.2 Å². The summed E-state index contributed by atoms with van der Waals surface area (Å²) in [5, 5.41) is 3.20. The smallest absolute Gasteiger partial charge is 0.330 e. The van der Waals surface area contributed by atoms with Gasteiger partial charge in [-0.25, -0.2) is 0 Å². The van der Waals surface area contributed by atoms with E-state index in [1.165, 1.54) is 6.07 Å². The summed E-state index contributed by atoms with van der Waals surface area (Å²) < 4.78 is 5.22. The molecule has 0 aliphatic heterocycles. The van der Waals surface area contributed by atoms with Crippen molar-refractivity contribution in [1.29, 1.82) is 0 Å². The van der Waals surface area contributed by atoms with E-state index < -0.39 is 6.23 Å². The van der Waals surface area contributed by atoms with Gasteiger partial charge in [0.1, 0.15) is 18.6 Å². The van der Waals surface area contributed by atoms with Gasteiger partial charge in [0.15, 0.2) is 0 Å². The fourth-order valence-electron chi connectivity index (χ4n) is 1.07. The van der Waals surface area contributed by atoms with E-state index in [1.54, 1.807) is 18.2 Å². The van der Waals surface area contributed by atoms with E-state index in [0.717, 1.165) is 0 Å². The molecule has 0 spiro atoms. The van der Waals surface area contributed by atoms with Gasteiger partial charge in [-0.05, 0) is 17.7 Å². The summed E-state index contributed by atoms with van der Waals surface area (Å²) >= 11 is 0. The summed E-state index contributed by atoms with van der Waals surface area (Å²) in [6.45, 7) is -0.118. The molecule has 1 aromatic carbocycles. The Balaban J connectivity index is 2.57. The van der Waals surface area contributed by atoms with Crippen LogP contribution in [0.3, 0.4) is 0 Å². The van der Waals surface area contributed by atoms with Gasteiger partial charge in [-0.15, -0.1) is 0 Å². The molecule has 0 fully saturated rings. The number of carbonyl (C=O) groups is 2. The summed E-state index contributed by atoms with van der Waals surface area (Å²) in [6, 6.07) is 6.35. The molecule has 0 N–H and O–H groups in total. The van der Waals surface area contributed by atoms with Crippen LogP contribution in [-0.4, -0.2) is 25.6 Å². The lowest BCUT2D eigenvalue weighted by atomic mass is 10.2. The monoisotopic (exact) mass is 251 g/mol. The molecule has 8 nitrogen and oxygen atoms in total. The van der Waals surface area contributed by atoms with Crippen LogP contribution in [0.1, 0.15) is 10.4 Å². The predicted octanol–water partition coefficient (Wildman–Crippen LogP) is 1.62. The van der Waals surface area contributed by atoms with E-state index in [-0.39, 0.29) is 13.1 Å². The van der Waals surface area contributed by atoms with Crippen LogP contribution in [0, 0.1) is 0 Å². The number of nitrogens with zero attached hydrogens (tertiary/aromatic N) is 3. The Bertz CT molecular complexity index is 459. The zero-order valence-electron chi connectivity index (χ0n) is 9.13. The number of rotatable bonds is 8. The average Bonchev–Trinajstić information content (AvgIpc) is 2.42. The summed E-state index contributed by atoms with van der Waals surface area (Å²) in [4.78, 5) is 31.4. The van der Waals surface area contributed by atoms with Crippen LogP contribution in [0.25, 0.3) is 10.4 Å². The maximum Gasteiger partial charge on any atom is 0.330 e. The zero-order chi connectivity index (χ0) is 13.2. The number of ether oxygens (including phenoxy) is 1. The molecule has 0 bridgehead atoms. The SMILES string of the molecule is [N-]=[N+]=NC(COc1cccc(C=O)c1)OOC=O. The lowest BCUT2D eigenvalue weighted by molar-refractivity contribution is -0.288. The fourth-order valence-corrected chi connectivity index (χ4v) is 1.07. The standard InChI is InChI=1S/C10H9N3O5/c11-13-12-10(18-17-7-15)6-16-9-3-1-2-8(4-9)5-14/h1-5,7,10H,6H2. The van der Waals surface area contributed by atoms with Gasteiger partial charge in [0.05, 0.1) is 0 Å². The third kappa shape index (κ3) is 4.52. The molecule has 8 heteroatoms. The molecule has 0 saturated heterocycles. The lowest BCUT2D eigenvalue weighted by Crippen LogP contribution is -2.19. The molecule has 1 atom stereocenters. The summed E-state index contributed by atoms with van der Waals surface area (Å²) in [7, 11) is 0. The van der Waals surface area contributed by atoms with E-state index in [2.05, 4.69) is 19.8 Å². The minimum Gasteiger partial charge on any atom is -0.491 e. The number of carbonyl (C=O) groups excluding carboxylic acids is 2. The molecule has 0 heterocycles. The minimum absolute atomic E-state index is 0.0485. The number of aldehydes is 1. The van der Waals surface area contributed by atoms with E-state index in [0.29, 0.717) is 17.6 Å². The van der Waals surface area contributed by atoms with Crippen LogP contribution in [0.2, 0.25) is 0 Å². The Morgan fingerprint density at radius 2 is 2.28 bits per heavy atom. The third-order valence-corrected chi connectivity index (χ3v) is 1.77. The maximum absolute atomic E-state index is 10.5. The largest absolute Gasteiger partial charge is 0.491 e. The number of hydrogen-bond donors (Lipinski definition) is 0. The van der Waals surface area contributed by atoms with Crippen LogP contribution in [0.4, 0.5) is 0 Å². The molecule has 0 aliphatic carbocycles. The van der Waals surface area contributed by atoms with Crippen molar-refractivity contribution in [3.63, 3.8) is 0 Å². The predicted molar refractivity (Wildman–Crippen MR) is 58.5 cm³/mol. The quantitative estimate of drug-likeness (QED) is 0.174. The molecule has 0 aliphatic rings. The van der Waals surface area contributed by atoms with Crippen molar-refractivity contribution in [3.8, 4) is 5.75 Å².